The quantitative estimate of drug-likeness (QED) is 0.767. The van der Waals surface area contributed by atoms with Crippen LogP contribution in [0, 0.1) is 0 Å². The summed E-state index contributed by atoms with van der Waals surface area (Å²) in [7, 11) is 0. The van der Waals surface area contributed by atoms with E-state index in [2.05, 4.69) is 0 Å². The minimum atomic E-state index is -1.25. The molecule has 3 aromatic rings. The van der Waals surface area contributed by atoms with Crippen LogP contribution in [0.5, 0.6) is 0 Å². The van der Waals surface area contributed by atoms with Gasteiger partial charge in [0.2, 0.25) is 0 Å². The molecule has 22 heavy (non-hydrogen) atoms. The summed E-state index contributed by atoms with van der Waals surface area (Å²) >= 11 is 0. The van der Waals surface area contributed by atoms with Crippen LogP contribution < -0.4 is 0 Å². The summed E-state index contributed by atoms with van der Waals surface area (Å²) in [6, 6.07) is 17.9. The first-order valence-corrected chi connectivity index (χ1v) is 6.66. The maximum Gasteiger partial charge on any atom is 0.336 e. The number of benzene rings is 3. The normalized spacial score (nSPS) is 10.5. The number of hydrogen-bond acceptors (Lipinski definition) is 2. The Kier molecular flexibility index (Phi) is 3.35. The van der Waals surface area contributed by atoms with Crippen LogP contribution in [0.2, 0.25) is 0 Å². The Morgan fingerprint density at radius 3 is 2.14 bits per heavy atom. The SMILES string of the molecule is O=C(O)c1ccc(-c2cccc3ccccc23)cc1C(=O)O. The third-order valence-corrected chi connectivity index (χ3v) is 3.58. The summed E-state index contributed by atoms with van der Waals surface area (Å²) in [5, 5.41) is 20.4. The topological polar surface area (TPSA) is 74.6 Å². The summed E-state index contributed by atoms with van der Waals surface area (Å²) < 4.78 is 0. The molecule has 0 aliphatic heterocycles. The molecule has 0 heterocycles. The molecule has 0 aliphatic carbocycles. The van der Waals surface area contributed by atoms with Gasteiger partial charge in [0, 0.05) is 0 Å². The number of fused-ring (bicyclic) bond motifs is 1. The second kappa shape index (κ2) is 5.33. The summed E-state index contributed by atoms with van der Waals surface area (Å²) in [5.41, 5.74) is 1.13. The van der Waals surface area contributed by atoms with Gasteiger partial charge < -0.3 is 10.2 Å². The largest absolute Gasteiger partial charge is 0.478 e. The Hall–Kier alpha value is -3.14. The molecule has 0 aromatic heterocycles. The van der Waals surface area contributed by atoms with Crippen molar-refractivity contribution < 1.29 is 19.8 Å². The number of hydrogen-bond donors (Lipinski definition) is 2. The molecule has 4 nitrogen and oxygen atoms in total. The van der Waals surface area contributed by atoms with E-state index in [9.17, 15) is 14.7 Å². The highest BCUT2D eigenvalue weighted by Crippen LogP contribution is 2.30. The third kappa shape index (κ3) is 2.31. The molecular weight excluding hydrogens is 280 g/mol. The van der Waals surface area contributed by atoms with E-state index in [1.807, 2.05) is 42.5 Å². The Morgan fingerprint density at radius 1 is 0.727 bits per heavy atom. The highest BCUT2D eigenvalue weighted by molar-refractivity contribution is 6.04. The molecule has 0 aliphatic rings. The molecule has 0 fully saturated rings. The van der Waals surface area contributed by atoms with Gasteiger partial charge >= 0.3 is 11.9 Å². The van der Waals surface area contributed by atoms with Crippen LogP contribution in [-0.2, 0) is 0 Å². The molecule has 0 saturated heterocycles. The van der Waals surface area contributed by atoms with Crippen molar-refractivity contribution in [3.8, 4) is 11.1 Å². The zero-order valence-electron chi connectivity index (χ0n) is 11.5. The highest BCUT2D eigenvalue weighted by Gasteiger charge is 2.17. The van der Waals surface area contributed by atoms with Gasteiger partial charge in [0.25, 0.3) is 0 Å². The minimum Gasteiger partial charge on any atom is -0.478 e. The van der Waals surface area contributed by atoms with Crippen molar-refractivity contribution in [1.29, 1.82) is 0 Å². The van der Waals surface area contributed by atoms with E-state index in [1.54, 1.807) is 6.07 Å². The second-order valence-corrected chi connectivity index (χ2v) is 4.90. The number of rotatable bonds is 3. The predicted octanol–water partition coefficient (Wildman–Crippen LogP) is 3.90. The van der Waals surface area contributed by atoms with E-state index in [4.69, 9.17) is 5.11 Å². The fraction of sp³-hybridized carbons (Fsp3) is 0. The van der Waals surface area contributed by atoms with Gasteiger partial charge in [-0.1, -0.05) is 48.5 Å². The molecule has 0 bridgehead atoms. The van der Waals surface area contributed by atoms with Gasteiger partial charge in [-0.25, -0.2) is 9.59 Å². The molecule has 0 radical (unpaired) electrons. The van der Waals surface area contributed by atoms with Crippen LogP contribution in [-0.4, -0.2) is 22.2 Å². The smallest absolute Gasteiger partial charge is 0.336 e. The van der Waals surface area contributed by atoms with E-state index in [1.165, 1.54) is 12.1 Å². The Bertz CT molecular complexity index is 891. The van der Waals surface area contributed by atoms with Crippen molar-refractivity contribution in [2.45, 2.75) is 0 Å². The van der Waals surface area contributed by atoms with Crippen molar-refractivity contribution in [2.75, 3.05) is 0 Å². The molecule has 0 amide bonds. The Morgan fingerprint density at radius 2 is 1.41 bits per heavy atom. The first-order valence-electron chi connectivity index (χ1n) is 6.66. The average Bonchev–Trinajstić information content (AvgIpc) is 2.53. The molecule has 3 rings (SSSR count). The summed E-state index contributed by atoms with van der Waals surface area (Å²) in [6.07, 6.45) is 0. The lowest BCUT2D eigenvalue weighted by molar-refractivity contribution is 0.0651. The zero-order chi connectivity index (χ0) is 15.7. The fourth-order valence-electron chi connectivity index (χ4n) is 2.55. The van der Waals surface area contributed by atoms with Crippen LogP contribution in [0.25, 0.3) is 21.9 Å². The van der Waals surface area contributed by atoms with Gasteiger partial charge in [-0.3, -0.25) is 0 Å². The van der Waals surface area contributed by atoms with Crippen molar-refractivity contribution in [3.63, 3.8) is 0 Å². The van der Waals surface area contributed by atoms with E-state index in [-0.39, 0.29) is 11.1 Å². The Balaban J connectivity index is 2.26. The fourth-order valence-corrected chi connectivity index (χ4v) is 2.55. The molecule has 2 N–H and O–H groups in total. The molecule has 108 valence electrons. The van der Waals surface area contributed by atoms with E-state index in [0.29, 0.717) is 5.56 Å². The summed E-state index contributed by atoms with van der Waals surface area (Å²) in [5.74, 6) is -2.50. The monoisotopic (exact) mass is 292 g/mol. The van der Waals surface area contributed by atoms with Gasteiger partial charge in [-0.15, -0.1) is 0 Å². The zero-order valence-corrected chi connectivity index (χ0v) is 11.5. The minimum absolute atomic E-state index is 0.210. The summed E-state index contributed by atoms with van der Waals surface area (Å²) in [4.78, 5) is 22.4. The third-order valence-electron chi connectivity index (χ3n) is 3.58. The molecule has 0 saturated carbocycles. The van der Waals surface area contributed by atoms with Crippen molar-refractivity contribution >= 4 is 22.7 Å². The predicted molar refractivity (Wildman–Crippen MR) is 83.3 cm³/mol. The number of carbonyl (C=O) groups is 2. The first-order chi connectivity index (χ1) is 10.6. The number of carboxylic acids is 2. The van der Waals surface area contributed by atoms with Crippen LogP contribution in [0.4, 0.5) is 0 Å². The lowest BCUT2D eigenvalue weighted by atomic mass is 9.95. The maximum absolute atomic E-state index is 11.3. The van der Waals surface area contributed by atoms with Crippen molar-refractivity contribution in [2.24, 2.45) is 0 Å². The first kappa shape index (κ1) is 13.8. The van der Waals surface area contributed by atoms with Crippen LogP contribution in [0.1, 0.15) is 20.7 Å². The van der Waals surface area contributed by atoms with Crippen LogP contribution >= 0.6 is 0 Å². The molecule has 0 atom stereocenters. The van der Waals surface area contributed by atoms with Crippen LogP contribution in [0.3, 0.4) is 0 Å². The molecule has 4 heteroatoms. The van der Waals surface area contributed by atoms with Gasteiger partial charge in [0.05, 0.1) is 11.1 Å². The van der Waals surface area contributed by atoms with E-state index in [0.717, 1.165) is 16.3 Å². The highest BCUT2D eigenvalue weighted by atomic mass is 16.4. The lowest BCUT2D eigenvalue weighted by Gasteiger charge is -2.09. The van der Waals surface area contributed by atoms with Gasteiger partial charge in [-0.05, 0) is 34.0 Å². The molecule has 0 unspecified atom stereocenters. The standard InChI is InChI=1S/C18H12O4/c19-17(20)15-9-8-12(10-16(15)18(21)22)14-7-3-5-11-4-1-2-6-13(11)14/h1-10H,(H,19,20)(H,21,22). The van der Waals surface area contributed by atoms with Gasteiger partial charge in [0.15, 0.2) is 0 Å². The molecular formula is C18H12O4. The maximum atomic E-state index is 11.3. The molecule has 3 aromatic carbocycles. The van der Waals surface area contributed by atoms with Crippen LogP contribution in [0.15, 0.2) is 60.7 Å². The van der Waals surface area contributed by atoms with Crippen molar-refractivity contribution in [1.82, 2.24) is 0 Å². The van der Waals surface area contributed by atoms with Gasteiger partial charge in [-0.2, -0.15) is 0 Å². The Labute approximate surface area is 126 Å². The van der Waals surface area contributed by atoms with E-state index < -0.39 is 11.9 Å². The number of aromatic carboxylic acids is 2. The van der Waals surface area contributed by atoms with E-state index >= 15 is 0 Å². The number of carboxylic acid groups (broad SMARTS) is 2. The average molecular weight is 292 g/mol. The lowest BCUT2D eigenvalue weighted by Crippen LogP contribution is -2.08. The second-order valence-electron chi connectivity index (χ2n) is 4.90. The van der Waals surface area contributed by atoms with Gasteiger partial charge in [0.1, 0.15) is 0 Å². The summed E-state index contributed by atoms with van der Waals surface area (Å²) in [6.45, 7) is 0. The van der Waals surface area contributed by atoms with Crippen molar-refractivity contribution in [3.05, 3.63) is 71.8 Å². The molecule has 0 spiro atoms.